The van der Waals surface area contributed by atoms with Crippen molar-refractivity contribution in [2.75, 3.05) is 19.1 Å². The van der Waals surface area contributed by atoms with Gasteiger partial charge in [-0.3, -0.25) is 19.8 Å². The van der Waals surface area contributed by atoms with Crippen molar-refractivity contribution >= 4 is 40.9 Å². The van der Waals surface area contributed by atoms with Crippen LogP contribution in [0, 0.1) is 6.92 Å². The lowest BCUT2D eigenvalue weighted by atomic mass is 10.1. The number of ether oxygens (including phenoxy) is 2. The minimum atomic E-state index is -0.550. The molecule has 1 fully saturated rings. The van der Waals surface area contributed by atoms with Crippen LogP contribution in [0.3, 0.4) is 0 Å². The maximum absolute atomic E-state index is 13.0. The molecule has 7 heteroatoms. The first-order valence-corrected chi connectivity index (χ1v) is 8.55. The van der Waals surface area contributed by atoms with E-state index in [1.165, 1.54) is 18.1 Å². The van der Waals surface area contributed by atoms with Gasteiger partial charge in [0.1, 0.15) is 17.1 Å². The van der Waals surface area contributed by atoms with Crippen LogP contribution in [0.2, 0.25) is 0 Å². The van der Waals surface area contributed by atoms with E-state index in [1.807, 2.05) is 19.1 Å². The van der Waals surface area contributed by atoms with Gasteiger partial charge in [0.05, 0.1) is 19.9 Å². The topological polar surface area (TPSA) is 67.9 Å². The molecule has 0 aliphatic carbocycles. The number of amides is 2. The molecule has 0 atom stereocenters. The molecular weight excluding hydrogens is 364 g/mol. The highest BCUT2D eigenvalue weighted by molar-refractivity contribution is 7.80. The number of methoxy groups -OCH3 is 2. The van der Waals surface area contributed by atoms with Gasteiger partial charge in [0.25, 0.3) is 11.8 Å². The summed E-state index contributed by atoms with van der Waals surface area (Å²) >= 11 is 5.20. The summed E-state index contributed by atoms with van der Waals surface area (Å²) in [6, 6.07) is 12.4. The number of nitrogens with zero attached hydrogens (tertiary/aromatic N) is 1. The second-order valence-electron chi connectivity index (χ2n) is 5.90. The van der Waals surface area contributed by atoms with E-state index in [-0.39, 0.29) is 10.7 Å². The van der Waals surface area contributed by atoms with Crippen LogP contribution in [0.1, 0.15) is 11.1 Å². The number of hydrogen-bond donors (Lipinski definition) is 1. The molecule has 0 saturated carbocycles. The number of hydrogen-bond acceptors (Lipinski definition) is 5. The summed E-state index contributed by atoms with van der Waals surface area (Å²) in [7, 11) is 3.05. The zero-order valence-corrected chi connectivity index (χ0v) is 15.9. The van der Waals surface area contributed by atoms with E-state index >= 15 is 0 Å². The molecule has 1 N–H and O–H groups in total. The Morgan fingerprint density at radius 3 is 2.37 bits per heavy atom. The highest BCUT2D eigenvalue weighted by atomic mass is 32.1. The SMILES string of the molecule is COc1ccc(C=C2C(=O)NC(=S)N(c3ccc(C)cc3)C2=O)c(OC)c1. The summed E-state index contributed by atoms with van der Waals surface area (Å²) in [5.74, 6) is 0.0464. The molecule has 1 aliphatic heterocycles. The maximum atomic E-state index is 13.0. The van der Waals surface area contributed by atoms with Crippen molar-refractivity contribution in [1.29, 1.82) is 0 Å². The fourth-order valence-corrected chi connectivity index (χ4v) is 2.96. The molecule has 1 saturated heterocycles. The molecule has 0 bridgehead atoms. The van der Waals surface area contributed by atoms with E-state index in [9.17, 15) is 9.59 Å². The zero-order chi connectivity index (χ0) is 19.6. The Hall–Kier alpha value is -3.19. The summed E-state index contributed by atoms with van der Waals surface area (Å²) in [6.07, 6.45) is 1.49. The van der Waals surface area contributed by atoms with E-state index in [0.29, 0.717) is 22.7 Å². The van der Waals surface area contributed by atoms with E-state index in [2.05, 4.69) is 5.32 Å². The van der Waals surface area contributed by atoms with Crippen molar-refractivity contribution < 1.29 is 19.1 Å². The van der Waals surface area contributed by atoms with Gasteiger partial charge >= 0.3 is 0 Å². The van der Waals surface area contributed by atoms with Gasteiger partial charge in [-0.05, 0) is 49.5 Å². The smallest absolute Gasteiger partial charge is 0.270 e. The molecule has 138 valence electrons. The van der Waals surface area contributed by atoms with Gasteiger partial charge < -0.3 is 9.47 Å². The molecule has 27 heavy (non-hydrogen) atoms. The summed E-state index contributed by atoms with van der Waals surface area (Å²) in [6.45, 7) is 1.95. The quantitative estimate of drug-likeness (QED) is 0.500. The molecule has 1 aliphatic rings. The Balaban J connectivity index is 2.03. The first-order chi connectivity index (χ1) is 12.9. The summed E-state index contributed by atoms with van der Waals surface area (Å²) in [4.78, 5) is 26.7. The average Bonchev–Trinajstić information content (AvgIpc) is 2.66. The highest BCUT2D eigenvalue weighted by Gasteiger charge is 2.34. The minimum Gasteiger partial charge on any atom is -0.497 e. The minimum absolute atomic E-state index is 0.0346. The second-order valence-corrected chi connectivity index (χ2v) is 6.29. The first-order valence-electron chi connectivity index (χ1n) is 8.14. The zero-order valence-electron chi connectivity index (χ0n) is 15.1. The van der Waals surface area contributed by atoms with Crippen LogP contribution in [0.15, 0.2) is 48.0 Å². The Labute approximate surface area is 162 Å². The van der Waals surface area contributed by atoms with Crippen LogP contribution in [0.25, 0.3) is 6.08 Å². The van der Waals surface area contributed by atoms with Crippen molar-refractivity contribution in [3.63, 3.8) is 0 Å². The number of nitrogens with one attached hydrogen (secondary N) is 1. The van der Waals surface area contributed by atoms with Gasteiger partial charge in [-0.15, -0.1) is 0 Å². The molecule has 2 amide bonds. The van der Waals surface area contributed by atoms with Gasteiger partial charge in [0, 0.05) is 11.6 Å². The van der Waals surface area contributed by atoms with Crippen molar-refractivity contribution in [3.8, 4) is 11.5 Å². The van der Waals surface area contributed by atoms with E-state index in [1.54, 1.807) is 37.4 Å². The van der Waals surface area contributed by atoms with E-state index in [0.717, 1.165) is 5.56 Å². The Morgan fingerprint density at radius 2 is 1.74 bits per heavy atom. The van der Waals surface area contributed by atoms with Crippen LogP contribution in [0.5, 0.6) is 11.5 Å². The third kappa shape index (κ3) is 3.68. The maximum Gasteiger partial charge on any atom is 0.270 e. The molecule has 3 rings (SSSR count). The predicted octanol–water partition coefficient (Wildman–Crippen LogP) is 2.84. The third-order valence-electron chi connectivity index (χ3n) is 4.13. The second kappa shape index (κ2) is 7.59. The van der Waals surface area contributed by atoms with Crippen LogP contribution in [0.4, 0.5) is 5.69 Å². The van der Waals surface area contributed by atoms with Gasteiger partial charge in [0.2, 0.25) is 0 Å². The molecule has 6 nitrogen and oxygen atoms in total. The average molecular weight is 382 g/mol. The Bertz CT molecular complexity index is 951. The molecule has 0 aromatic heterocycles. The largest absolute Gasteiger partial charge is 0.497 e. The van der Waals surface area contributed by atoms with Crippen LogP contribution in [-0.4, -0.2) is 31.1 Å². The van der Waals surface area contributed by atoms with Crippen molar-refractivity contribution in [1.82, 2.24) is 5.32 Å². The van der Waals surface area contributed by atoms with Crippen molar-refractivity contribution in [2.24, 2.45) is 0 Å². The van der Waals surface area contributed by atoms with Crippen LogP contribution >= 0.6 is 12.2 Å². The molecule has 0 unspecified atom stereocenters. The van der Waals surface area contributed by atoms with Gasteiger partial charge in [0.15, 0.2) is 5.11 Å². The lowest BCUT2D eigenvalue weighted by Crippen LogP contribution is -2.54. The van der Waals surface area contributed by atoms with Gasteiger partial charge in [-0.1, -0.05) is 17.7 Å². The fourth-order valence-electron chi connectivity index (χ4n) is 2.68. The summed E-state index contributed by atoms with van der Waals surface area (Å²) in [5, 5.41) is 2.62. The number of rotatable bonds is 4. The molecule has 2 aromatic rings. The number of benzene rings is 2. The normalized spacial score (nSPS) is 15.7. The Kier molecular flexibility index (Phi) is 5.23. The highest BCUT2D eigenvalue weighted by Crippen LogP contribution is 2.28. The third-order valence-corrected chi connectivity index (χ3v) is 4.42. The number of anilines is 1. The van der Waals surface area contributed by atoms with Gasteiger partial charge in [-0.2, -0.15) is 0 Å². The molecule has 0 spiro atoms. The van der Waals surface area contributed by atoms with E-state index in [4.69, 9.17) is 21.7 Å². The standard InChI is InChI=1S/C20H18N2O4S/c1-12-4-7-14(8-5-12)22-19(24)16(18(23)21-20(22)27)10-13-6-9-15(25-2)11-17(13)26-3/h4-11H,1-3H3,(H,21,23,27). The predicted molar refractivity (Wildman–Crippen MR) is 107 cm³/mol. The molecule has 0 radical (unpaired) electrons. The van der Waals surface area contributed by atoms with Gasteiger partial charge in [-0.25, -0.2) is 0 Å². The van der Waals surface area contributed by atoms with Crippen LogP contribution < -0.4 is 19.7 Å². The monoisotopic (exact) mass is 382 g/mol. The number of carbonyl (C=O) groups is 2. The first kappa shape index (κ1) is 18.6. The number of thiocarbonyl (C=S) groups is 1. The summed E-state index contributed by atoms with van der Waals surface area (Å²) < 4.78 is 10.5. The Morgan fingerprint density at radius 1 is 1.04 bits per heavy atom. The fraction of sp³-hybridized carbons (Fsp3) is 0.150. The van der Waals surface area contributed by atoms with Crippen molar-refractivity contribution in [2.45, 2.75) is 6.92 Å². The molecule has 2 aromatic carbocycles. The number of carbonyl (C=O) groups excluding carboxylic acids is 2. The van der Waals surface area contributed by atoms with E-state index < -0.39 is 11.8 Å². The molecular formula is C20H18N2O4S. The molecule has 1 heterocycles. The lowest BCUT2D eigenvalue weighted by Gasteiger charge is -2.29. The van der Waals surface area contributed by atoms with Crippen LogP contribution in [-0.2, 0) is 9.59 Å². The summed E-state index contributed by atoms with van der Waals surface area (Å²) in [5.41, 5.74) is 2.18. The number of aryl methyl sites for hydroxylation is 1. The van der Waals surface area contributed by atoms with Crippen molar-refractivity contribution in [3.05, 3.63) is 59.2 Å². The lowest BCUT2D eigenvalue weighted by molar-refractivity contribution is -0.122.